The van der Waals surface area contributed by atoms with Crippen LogP contribution in [0.3, 0.4) is 0 Å². The van der Waals surface area contributed by atoms with E-state index in [-0.39, 0.29) is 31.9 Å². The number of pyridine rings is 1. The molecule has 4 nitrogen and oxygen atoms in total. The number of furan rings is 1. The van der Waals surface area contributed by atoms with Crippen molar-refractivity contribution < 1.29 is 24.5 Å². The summed E-state index contributed by atoms with van der Waals surface area (Å²) < 4.78 is 9.10. The van der Waals surface area contributed by atoms with E-state index in [1.165, 1.54) is 65.6 Å². The molecule has 0 N–H and O–H groups in total. The molecule has 0 bridgehead atoms. The normalized spacial score (nSPS) is 13.1. The Hall–Kier alpha value is -6.17. The van der Waals surface area contributed by atoms with Crippen molar-refractivity contribution in [3.05, 3.63) is 193 Å². The summed E-state index contributed by atoms with van der Waals surface area (Å²) in [6.45, 7) is 16.4. The Morgan fingerprint density at radius 1 is 0.652 bits per heavy atom. The minimum absolute atomic E-state index is 0. The fourth-order valence-corrected chi connectivity index (χ4v) is 11.9. The first kappa shape index (κ1) is 47.9. The van der Waals surface area contributed by atoms with Gasteiger partial charge in [-0.25, -0.2) is 0 Å². The van der Waals surface area contributed by atoms with Crippen molar-refractivity contribution in [1.29, 1.82) is 0 Å². The van der Waals surface area contributed by atoms with E-state index in [0.29, 0.717) is 0 Å². The van der Waals surface area contributed by atoms with Crippen molar-refractivity contribution in [2.75, 3.05) is 0 Å². The zero-order valence-electron chi connectivity index (χ0n) is 40.9. The van der Waals surface area contributed by atoms with Gasteiger partial charge in [0, 0.05) is 37.4 Å². The van der Waals surface area contributed by atoms with Crippen LogP contribution in [-0.2, 0) is 26.5 Å². The summed E-state index contributed by atoms with van der Waals surface area (Å²) in [4.78, 5) is 10.1. The fourth-order valence-electron chi connectivity index (χ4n) is 10.3. The first-order valence-electron chi connectivity index (χ1n) is 24.6. The van der Waals surface area contributed by atoms with Gasteiger partial charge in [-0.2, -0.15) is 0 Å². The van der Waals surface area contributed by atoms with Crippen molar-refractivity contribution in [2.45, 2.75) is 91.3 Å². The van der Waals surface area contributed by atoms with E-state index in [9.17, 15) is 0 Å². The van der Waals surface area contributed by atoms with Crippen molar-refractivity contribution >= 4 is 46.2 Å². The fraction of sp³-hybridized carbons (Fsp3) is 0.238. The van der Waals surface area contributed by atoms with Gasteiger partial charge in [-0.3, -0.25) is 4.98 Å². The molecule has 7 aromatic carbocycles. The largest absolute Gasteiger partial charge is 0.501 e. The van der Waals surface area contributed by atoms with Crippen LogP contribution in [0.2, 0.25) is 19.6 Å². The van der Waals surface area contributed by atoms with Crippen molar-refractivity contribution in [3.8, 4) is 50.6 Å². The molecule has 0 atom stereocenters. The maximum atomic E-state index is 6.73. The average molecular weight is 1100 g/mol. The molecule has 1 fully saturated rings. The topological polar surface area (TPSA) is 43.9 Å². The van der Waals surface area contributed by atoms with Gasteiger partial charge in [0.2, 0.25) is 0 Å². The molecule has 6 heteroatoms. The molecular formula is C63H61IrN3OSi-2. The first-order valence-corrected chi connectivity index (χ1v) is 28.1. The number of hydrogen-bond donors (Lipinski definition) is 0. The number of nitrogens with zero attached hydrogens (tertiary/aromatic N) is 3. The zero-order valence-corrected chi connectivity index (χ0v) is 44.3. The molecule has 0 saturated heterocycles. The van der Waals surface area contributed by atoms with Gasteiger partial charge in [-0.05, 0) is 98.8 Å². The van der Waals surface area contributed by atoms with Gasteiger partial charge in [0.25, 0.3) is 0 Å². The second-order valence-corrected chi connectivity index (χ2v) is 25.4. The Morgan fingerprint density at radius 2 is 1.30 bits per heavy atom. The smallest absolute Gasteiger partial charge is 0.121 e. The van der Waals surface area contributed by atoms with Crippen molar-refractivity contribution in [3.63, 3.8) is 0 Å². The average Bonchev–Trinajstić information content (AvgIpc) is 4.12. The molecule has 69 heavy (non-hydrogen) atoms. The molecule has 1 saturated carbocycles. The van der Waals surface area contributed by atoms with E-state index in [4.69, 9.17) is 14.4 Å². The summed E-state index contributed by atoms with van der Waals surface area (Å²) in [6.07, 6.45) is 9.03. The standard InChI is InChI=1S/C43H35N2O.C20H26NSi.Ir/c1-27(2)36-24-32(30-16-9-6-10-17-30)25-37(28(3)4)41(36)45-39-21-12-11-20-38(39)44-43(45)35-19-13-18-34-33-23-22-31(26-40(33)46-42(34)35)29-14-7-5-8-15-29;1-22(2,3)20-15-21-19(17-11-5-4-6-12-17)14-18(20)13-16-9-7-8-10-16;/h5-18,20-28H,1-4H3;4-6,11,14-16H,7-10,13H2,1-3H3;/q2*-1;. The summed E-state index contributed by atoms with van der Waals surface area (Å²) in [7, 11) is -1.35. The molecule has 349 valence electrons. The molecule has 0 unspecified atom stereocenters. The van der Waals surface area contributed by atoms with E-state index in [1.807, 2.05) is 24.3 Å². The number of imidazole rings is 1. The van der Waals surface area contributed by atoms with E-state index in [2.05, 4.69) is 204 Å². The summed E-state index contributed by atoms with van der Waals surface area (Å²) >= 11 is 0. The third-order valence-corrected chi connectivity index (χ3v) is 15.9. The molecule has 1 aliphatic carbocycles. The second kappa shape index (κ2) is 20.4. The molecule has 3 heterocycles. The number of rotatable bonds is 10. The zero-order chi connectivity index (χ0) is 46.9. The molecular weight excluding hydrogens is 1040 g/mol. The van der Waals surface area contributed by atoms with Crippen LogP contribution in [0.1, 0.15) is 81.9 Å². The van der Waals surface area contributed by atoms with Gasteiger partial charge in [-0.1, -0.05) is 181 Å². The molecule has 0 amide bonds. The van der Waals surface area contributed by atoms with Gasteiger partial charge in [0.05, 0.1) is 30.5 Å². The quantitative estimate of drug-likeness (QED) is 0.101. The summed E-state index contributed by atoms with van der Waals surface area (Å²) in [5.74, 6) is 2.29. The number of para-hydroxylation sites is 2. The van der Waals surface area contributed by atoms with Crippen molar-refractivity contribution in [1.82, 2.24) is 14.5 Å². The predicted molar refractivity (Wildman–Crippen MR) is 289 cm³/mol. The minimum Gasteiger partial charge on any atom is -0.501 e. The van der Waals surface area contributed by atoms with Crippen LogP contribution < -0.4 is 5.19 Å². The van der Waals surface area contributed by atoms with Gasteiger partial charge in [-0.15, -0.1) is 54.1 Å². The first-order chi connectivity index (χ1) is 33.0. The minimum atomic E-state index is -1.35. The number of fused-ring (bicyclic) bond motifs is 4. The van der Waals surface area contributed by atoms with Crippen LogP contribution in [0.5, 0.6) is 0 Å². The van der Waals surface area contributed by atoms with E-state index in [0.717, 1.165) is 67.1 Å². The number of hydrogen-bond acceptors (Lipinski definition) is 3. The van der Waals surface area contributed by atoms with E-state index in [1.54, 1.807) is 10.8 Å². The predicted octanol–water partition coefficient (Wildman–Crippen LogP) is 16.8. The SMILES string of the molecule is CC(C)c1cc(-c2ccccc2)cc(C(C)C)c1-n1c(-c2[c-]ccc3c2oc2cc(-c4ccccc4)ccc23)nc2ccccc21.C[Si](C)(C)c1cnc(-c2[c-]cccc2)cc1CC1CCCC1.[Ir]. The summed E-state index contributed by atoms with van der Waals surface area (Å²) in [5.41, 5.74) is 16.8. The molecule has 10 aromatic rings. The molecule has 0 spiro atoms. The third-order valence-electron chi connectivity index (χ3n) is 13.8. The Labute approximate surface area is 423 Å². The van der Waals surface area contributed by atoms with E-state index >= 15 is 0 Å². The third kappa shape index (κ3) is 9.86. The molecule has 0 aliphatic heterocycles. The Morgan fingerprint density at radius 3 is 1.96 bits per heavy atom. The van der Waals surface area contributed by atoms with Crippen LogP contribution in [-0.4, -0.2) is 22.6 Å². The maximum absolute atomic E-state index is 6.73. The van der Waals surface area contributed by atoms with Gasteiger partial charge >= 0.3 is 0 Å². The molecule has 1 radical (unpaired) electrons. The molecule has 3 aromatic heterocycles. The van der Waals surface area contributed by atoms with Crippen LogP contribution in [0.4, 0.5) is 0 Å². The van der Waals surface area contributed by atoms with Crippen LogP contribution >= 0.6 is 0 Å². The Bertz CT molecular complexity index is 3330. The van der Waals surface area contributed by atoms with Gasteiger partial charge in [0.15, 0.2) is 0 Å². The second-order valence-electron chi connectivity index (χ2n) is 20.3. The van der Waals surface area contributed by atoms with E-state index < -0.39 is 8.07 Å². The van der Waals surface area contributed by atoms with Gasteiger partial charge < -0.3 is 14.0 Å². The molecule has 11 rings (SSSR count). The maximum Gasteiger partial charge on any atom is 0.121 e. The Balaban J connectivity index is 0.000000217. The monoisotopic (exact) mass is 1100 g/mol. The number of benzene rings is 7. The van der Waals surface area contributed by atoms with Gasteiger partial charge in [0.1, 0.15) is 5.58 Å². The summed E-state index contributed by atoms with van der Waals surface area (Å²) in [5, 5.41) is 3.69. The number of aromatic nitrogens is 3. The van der Waals surface area contributed by atoms with Crippen LogP contribution in [0, 0.1) is 18.1 Å². The molecule has 1 aliphatic rings. The summed E-state index contributed by atoms with van der Waals surface area (Å²) in [6, 6.07) is 62.3. The van der Waals surface area contributed by atoms with Crippen molar-refractivity contribution in [2.24, 2.45) is 5.92 Å². The van der Waals surface area contributed by atoms with Crippen LogP contribution in [0.15, 0.2) is 168 Å². The van der Waals surface area contributed by atoms with Crippen LogP contribution in [0.25, 0.3) is 83.6 Å². The Kier molecular flexibility index (Phi) is 14.2.